The first-order valence-corrected chi connectivity index (χ1v) is 10.6. The molecule has 1 saturated carbocycles. The van der Waals surface area contributed by atoms with E-state index in [0.29, 0.717) is 10.6 Å². The van der Waals surface area contributed by atoms with Crippen LogP contribution in [0.4, 0.5) is 13.2 Å². The average molecular weight is 450 g/mol. The smallest absolute Gasteiger partial charge is 0.391 e. The number of hydrogen-bond donors (Lipinski definition) is 2. The number of amides is 1. The summed E-state index contributed by atoms with van der Waals surface area (Å²) in [6, 6.07) is 11.2. The maximum atomic E-state index is 13.1. The fraction of sp³-hybridized carbons (Fsp3) is 0.375. The number of hydrogen-bond acceptors (Lipinski definition) is 2. The lowest BCUT2D eigenvalue weighted by Gasteiger charge is -2.37. The van der Waals surface area contributed by atoms with E-state index in [1.54, 1.807) is 12.1 Å². The van der Waals surface area contributed by atoms with E-state index in [2.05, 4.69) is 5.32 Å². The second-order valence-corrected chi connectivity index (χ2v) is 8.95. The second-order valence-electron chi connectivity index (χ2n) is 8.51. The third-order valence-corrected chi connectivity index (χ3v) is 6.90. The van der Waals surface area contributed by atoms with Crippen LogP contribution in [0, 0.1) is 19.8 Å². The van der Waals surface area contributed by atoms with E-state index in [1.807, 2.05) is 38.1 Å². The minimum Gasteiger partial charge on any atom is -0.509 e. The molecule has 2 aromatic rings. The van der Waals surface area contributed by atoms with Gasteiger partial charge in [-0.15, -0.1) is 0 Å². The van der Waals surface area contributed by atoms with Gasteiger partial charge in [-0.3, -0.25) is 4.79 Å². The van der Waals surface area contributed by atoms with Gasteiger partial charge in [-0.05, 0) is 79.5 Å². The van der Waals surface area contributed by atoms with Crippen molar-refractivity contribution in [2.75, 3.05) is 0 Å². The molecule has 4 rings (SSSR count). The van der Waals surface area contributed by atoms with Crippen LogP contribution in [0.25, 0.3) is 16.7 Å². The largest absolute Gasteiger partial charge is 0.509 e. The monoisotopic (exact) mass is 449 g/mol. The highest BCUT2D eigenvalue weighted by Gasteiger charge is 2.52. The number of alkyl halides is 3. The van der Waals surface area contributed by atoms with E-state index in [4.69, 9.17) is 11.6 Å². The summed E-state index contributed by atoms with van der Waals surface area (Å²) < 4.78 is 39.3. The standard InChI is InChI=1S/C24H23ClF3NO2/c1-13-3-8-18(15-4-6-17(25)7-5-15)14(2)19(13)20-21(30)23(29-22(20)31)11-9-16(10-12-23)24(26,27)28/h3-8,16,30H,9-12H2,1-2H3,(H,29,31)/t16-,23+. The summed E-state index contributed by atoms with van der Waals surface area (Å²) in [7, 11) is 0. The minimum atomic E-state index is -4.26. The van der Waals surface area contributed by atoms with Crippen LogP contribution in [0.1, 0.15) is 42.4 Å². The number of nitrogens with one attached hydrogen (secondary N) is 1. The Morgan fingerprint density at radius 1 is 1.06 bits per heavy atom. The van der Waals surface area contributed by atoms with Gasteiger partial charge in [0.05, 0.1) is 17.0 Å². The molecule has 3 nitrogen and oxygen atoms in total. The van der Waals surface area contributed by atoms with Gasteiger partial charge in [0.15, 0.2) is 0 Å². The number of rotatable bonds is 2. The lowest BCUT2D eigenvalue weighted by molar-refractivity contribution is -0.184. The van der Waals surface area contributed by atoms with Gasteiger partial charge in [0.1, 0.15) is 5.76 Å². The van der Waals surface area contributed by atoms with Crippen LogP contribution in [0.15, 0.2) is 42.2 Å². The van der Waals surface area contributed by atoms with Crippen molar-refractivity contribution >= 4 is 23.1 Å². The van der Waals surface area contributed by atoms with Crippen molar-refractivity contribution in [3.05, 3.63) is 63.9 Å². The molecule has 1 spiro atoms. The summed E-state index contributed by atoms with van der Waals surface area (Å²) in [4.78, 5) is 13.0. The molecule has 2 aliphatic rings. The third-order valence-electron chi connectivity index (χ3n) is 6.65. The summed E-state index contributed by atoms with van der Waals surface area (Å²) in [6.45, 7) is 3.73. The number of benzene rings is 2. The molecular weight excluding hydrogens is 427 g/mol. The van der Waals surface area contributed by atoms with Gasteiger partial charge in [0.2, 0.25) is 0 Å². The molecule has 0 bridgehead atoms. The minimum absolute atomic E-state index is 0.0627. The predicted octanol–water partition coefficient (Wildman–Crippen LogP) is 6.51. The number of aliphatic hydroxyl groups excluding tert-OH is 1. The molecule has 1 fully saturated rings. The number of carbonyl (C=O) groups is 1. The molecular formula is C24H23ClF3NO2. The molecule has 0 radical (unpaired) electrons. The second kappa shape index (κ2) is 7.59. The van der Waals surface area contributed by atoms with Gasteiger partial charge in [-0.1, -0.05) is 35.9 Å². The molecule has 0 unspecified atom stereocenters. The van der Waals surface area contributed by atoms with Crippen molar-refractivity contribution < 1.29 is 23.1 Å². The van der Waals surface area contributed by atoms with Crippen LogP contribution in [0.2, 0.25) is 5.02 Å². The van der Waals surface area contributed by atoms with Crippen LogP contribution in [0.5, 0.6) is 0 Å². The van der Waals surface area contributed by atoms with Crippen molar-refractivity contribution in [1.29, 1.82) is 0 Å². The fourth-order valence-electron chi connectivity index (χ4n) is 4.89. The van der Waals surface area contributed by atoms with Gasteiger partial charge in [-0.2, -0.15) is 13.2 Å². The van der Waals surface area contributed by atoms with Crippen molar-refractivity contribution in [3.63, 3.8) is 0 Å². The molecule has 1 aliphatic carbocycles. The molecule has 164 valence electrons. The third kappa shape index (κ3) is 3.71. The molecule has 0 aromatic heterocycles. The first kappa shape index (κ1) is 21.8. The predicted molar refractivity (Wildman–Crippen MR) is 115 cm³/mol. The normalized spacial score (nSPS) is 24.1. The van der Waals surface area contributed by atoms with E-state index < -0.39 is 23.5 Å². The Bertz CT molecular complexity index is 1070. The van der Waals surface area contributed by atoms with E-state index in [9.17, 15) is 23.1 Å². The number of halogens is 4. The van der Waals surface area contributed by atoms with E-state index in [1.165, 1.54) is 0 Å². The first-order valence-electron chi connectivity index (χ1n) is 10.2. The Labute approximate surface area is 183 Å². The summed E-state index contributed by atoms with van der Waals surface area (Å²) in [5.41, 5.74) is 3.11. The highest BCUT2D eigenvalue weighted by atomic mass is 35.5. The fourth-order valence-corrected chi connectivity index (χ4v) is 5.02. The van der Waals surface area contributed by atoms with Gasteiger partial charge in [-0.25, -0.2) is 0 Å². The highest BCUT2D eigenvalue weighted by molar-refractivity contribution is 6.30. The van der Waals surface area contributed by atoms with Crippen molar-refractivity contribution in [2.24, 2.45) is 5.92 Å². The SMILES string of the molecule is Cc1ccc(-c2ccc(Cl)cc2)c(C)c1C1=C(O)[C@]2(CC[C@H](C(F)(F)F)CC2)NC1=O. The van der Waals surface area contributed by atoms with Crippen LogP contribution in [-0.2, 0) is 4.79 Å². The summed E-state index contributed by atoms with van der Waals surface area (Å²) in [5, 5.41) is 14.5. The van der Waals surface area contributed by atoms with Gasteiger partial charge < -0.3 is 10.4 Å². The molecule has 2 aromatic carbocycles. The quantitative estimate of drug-likeness (QED) is 0.548. The highest BCUT2D eigenvalue weighted by Crippen LogP contribution is 2.48. The number of carbonyl (C=O) groups excluding carboxylic acids is 1. The number of aliphatic hydroxyl groups is 1. The van der Waals surface area contributed by atoms with Gasteiger partial charge >= 0.3 is 6.18 Å². The van der Waals surface area contributed by atoms with Gasteiger partial charge in [0, 0.05) is 5.02 Å². The Hall–Kier alpha value is -2.47. The van der Waals surface area contributed by atoms with Crippen molar-refractivity contribution in [1.82, 2.24) is 5.32 Å². The van der Waals surface area contributed by atoms with Crippen LogP contribution in [0.3, 0.4) is 0 Å². The van der Waals surface area contributed by atoms with Crippen LogP contribution < -0.4 is 5.32 Å². The van der Waals surface area contributed by atoms with Crippen molar-refractivity contribution in [2.45, 2.75) is 51.2 Å². The van der Waals surface area contributed by atoms with Crippen molar-refractivity contribution in [3.8, 4) is 11.1 Å². The molecule has 7 heteroatoms. The Balaban J connectivity index is 1.76. The summed E-state index contributed by atoms with van der Waals surface area (Å²) in [5.74, 6) is -1.98. The number of aryl methyl sites for hydroxylation is 1. The average Bonchev–Trinajstić information content (AvgIpc) is 2.93. The Morgan fingerprint density at radius 3 is 2.26 bits per heavy atom. The maximum Gasteiger partial charge on any atom is 0.391 e. The first-order chi connectivity index (χ1) is 14.5. The molecule has 31 heavy (non-hydrogen) atoms. The zero-order valence-electron chi connectivity index (χ0n) is 17.2. The van der Waals surface area contributed by atoms with E-state index in [-0.39, 0.29) is 37.0 Å². The summed E-state index contributed by atoms with van der Waals surface area (Å²) in [6.07, 6.45) is -4.37. The Kier molecular flexibility index (Phi) is 5.32. The Morgan fingerprint density at radius 2 is 1.68 bits per heavy atom. The lowest BCUT2D eigenvalue weighted by atomic mass is 9.75. The topological polar surface area (TPSA) is 49.3 Å². The van der Waals surface area contributed by atoms with Gasteiger partial charge in [0.25, 0.3) is 5.91 Å². The summed E-state index contributed by atoms with van der Waals surface area (Å²) >= 11 is 5.99. The molecule has 1 aliphatic heterocycles. The van der Waals surface area contributed by atoms with Crippen LogP contribution >= 0.6 is 11.6 Å². The maximum absolute atomic E-state index is 13.1. The zero-order chi connectivity index (χ0) is 22.6. The van der Waals surface area contributed by atoms with E-state index >= 15 is 0 Å². The molecule has 1 heterocycles. The van der Waals surface area contributed by atoms with E-state index in [0.717, 1.165) is 22.3 Å². The molecule has 0 atom stereocenters. The van der Waals surface area contributed by atoms with Crippen LogP contribution in [-0.4, -0.2) is 22.7 Å². The molecule has 1 amide bonds. The molecule has 2 N–H and O–H groups in total. The lowest BCUT2D eigenvalue weighted by Crippen LogP contribution is -2.48. The zero-order valence-corrected chi connectivity index (χ0v) is 18.0. The molecule has 0 saturated heterocycles.